The highest BCUT2D eigenvalue weighted by Crippen LogP contribution is 2.63. The fourth-order valence-electron chi connectivity index (χ4n) is 10.3. The molecule has 9 aromatic carbocycles. The van der Waals surface area contributed by atoms with Gasteiger partial charge in [0.2, 0.25) is 0 Å². The smallest absolute Gasteiger partial charge is 0.164 e. The monoisotopic (exact) mass is 805 g/mol. The van der Waals surface area contributed by atoms with Gasteiger partial charge in [-0.1, -0.05) is 200 Å². The number of fused-ring (bicyclic) bond motifs is 13. The van der Waals surface area contributed by atoms with E-state index in [2.05, 4.69) is 212 Å². The highest BCUT2D eigenvalue weighted by atomic mass is 32.1. The molecule has 0 atom stereocenters. The van der Waals surface area contributed by atoms with Crippen LogP contribution in [0.5, 0.6) is 0 Å². The van der Waals surface area contributed by atoms with Crippen molar-refractivity contribution in [2.24, 2.45) is 0 Å². The van der Waals surface area contributed by atoms with Gasteiger partial charge in [0.15, 0.2) is 17.5 Å². The molecule has 62 heavy (non-hydrogen) atoms. The van der Waals surface area contributed by atoms with Crippen LogP contribution in [-0.2, 0) is 5.41 Å². The summed E-state index contributed by atoms with van der Waals surface area (Å²) < 4.78 is 2.57. The van der Waals surface area contributed by atoms with E-state index in [9.17, 15) is 0 Å². The molecule has 2 heterocycles. The first kappa shape index (κ1) is 35.0. The second-order valence-electron chi connectivity index (χ2n) is 16.2. The first-order valence-electron chi connectivity index (χ1n) is 21.1. The van der Waals surface area contributed by atoms with E-state index in [0.29, 0.717) is 17.5 Å². The minimum Gasteiger partial charge on any atom is -0.208 e. The maximum Gasteiger partial charge on any atom is 0.164 e. The quantitative estimate of drug-likeness (QED) is 0.174. The number of rotatable bonds is 5. The molecule has 3 nitrogen and oxygen atoms in total. The lowest BCUT2D eigenvalue weighted by Crippen LogP contribution is -2.25. The number of thiophene rings is 1. The third-order valence-corrected chi connectivity index (χ3v) is 14.2. The first-order valence-corrected chi connectivity index (χ1v) is 21.9. The van der Waals surface area contributed by atoms with Gasteiger partial charge in [-0.25, -0.2) is 15.0 Å². The molecule has 0 fully saturated rings. The summed E-state index contributed by atoms with van der Waals surface area (Å²) in [5.41, 5.74) is 17.1. The summed E-state index contributed by atoms with van der Waals surface area (Å²) in [5.74, 6) is 1.92. The Morgan fingerprint density at radius 2 is 0.790 bits per heavy atom. The Balaban J connectivity index is 1.03. The number of benzene rings is 9. The lowest BCUT2D eigenvalue weighted by Gasteiger charge is -2.30. The van der Waals surface area contributed by atoms with E-state index >= 15 is 0 Å². The molecule has 0 saturated heterocycles. The number of nitrogens with zero attached hydrogens (tertiary/aromatic N) is 3. The van der Waals surface area contributed by atoms with Gasteiger partial charge in [-0.3, -0.25) is 0 Å². The molecule has 2 aliphatic carbocycles. The van der Waals surface area contributed by atoms with Crippen molar-refractivity contribution >= 4 is 31.5 Å². The lowest BCUT2D eigenvalue weighted by molar-refractivity contribution is 0.794. The van der Waals surface area contributed by atoms with Crippen molar-refractivity contribution in [3.8, 4) is 78.7 Å². The Morgan fingerprint density at radius 1 is 0.306 bits per heavy atom. The van der Waals surface area contributed by atoms with Gasteiger partial charge in [0.25, 0.3) is 0 Å². The van der Waals surface area contributed by atoms with Crippen LogP contribution in [0.15, 0.2) is 212 Å². The van der Waals surface area contributed by atoms with Crippen molar-refractivity contribution in [2.75, 3.05) is 0 Å². The molecule has 11 aromatic rings. The van der Waals surface area contributed by atoms with Crippen LogP contribution in [0.25, 0.3) is 98.8 Å². The summed E-state index contributed by atoms with van der Waals surface area (Å²) >= 11 is 1.85. The standard InChI is InChI=1S/C58H35N3S/c1-2-15-36(16-3-1)37-31-33-38(34-32-37)55-59-56(40-18-12-17-39(35-40)41-23-13-24-45-44-21-7-11-30-52(44)62-54(41)45)61-57(60-55)47-25-14-29-51-53(47)46-22-6-10-28-50(46)58(51)48-26-8-4-19-42(48)43-20-5-9-27-49(43)58/h1-35H. The average molecular weight is 806 g/mol. The van der Waals surface area contributed by atoms with E-state index in [-0.39, 0.29) is 0 Å². The zero-order valence-corrected chi connectivity index (χ0v) is 34.3. The second kappa shape index (κ2) is 13.6. The van der Waals surface area contributed by atoms with E-state index in [4.69, 9.17) is 15.0 Å². The molecule has 13 rings (SSSR count). The summed E-state index contributed by atoms with van der Waals surface area (Å²) in [7, 11) is 0. The van der Waals surface area contributed by atoms with Gasteiger partial charge in [-0.05, 0) is 78.9 Å². The van der Waals surface area contributed by atoms with Gasteiger partial charge in [0.1, 0.15) is 0 Å². The molecular weight excluding hydrogens is 771 g/mol. The molecule has 2 aromatic heterocycles. The number of hydrogen-bond donors (Lipinski definition) is 0. The van der Waals surface area contributed by atoms with Crippen LogP contribution in [0.3, 0.4) is 0 Å². The van der Waals surface area contributed by atoms with E-state index in [1.54, 1.807) is 0 Å². The number of hydrogen-bond acceptors (Lipinski definition) is 4. The maximum absolute atomic E-state index is 5.43. The molecule has 2 aliphatic rings. The summed E-state index contributed by atoms with van der Waals surface area (Å²) in [4.78, 5) is 16.1. The zero-order valence-electron chi connectivity index (χ0n) is 33.5. The van der Waals surface area contributed by atoms with Crippen LogP contribution in [0, 0.1) is 0 Å². The topological polar surface area (TPSA) is 38.7 Å². The molecule has 0 unspecified atom stereocenters. The summed E-state index contributed by atoms with van der Waals surface area (Å²) in [5, 5.41) is 2.57. The molecule has 1 spiro atoms. The molecule has 0 saturated carbocycles. The zero-order chi connectivity index (χ0) is 40.8. The van der Waals surface area contributed by atoms with Gasteiger partial charge in [0.05, 0.1) is 5.41 Å². The SMILES string of the molecule is c1ccc(-c2ccc(-c3nc(-c4cccc(-c5cccc6c5sc5ccccc56)c4)nc(-c4cccc5c4-c4ccccc4C54c5ccccc5-c5ccccc54)n3)cc2)cc1. The van der Waals surface area contributed by atoms with Gasteiger partial charge in [0, 0.05) is 36.9 Å². The predicted molar refractivity (Wildman–Crippen MR) is 256 cm³/mol. The molecular formula is C58H35N3S. The molecule has 0 radical (unpaired) electrons. The largest absolute Gasteiger partial charge is 0.208 e. The van der Waals surface area contributed by atoms with Gasteiger partial charge < -0.3 is 0 Å². The Bertz CT molecular complexity index is 3540. The Labute approximate surface area is 363 Å². The van der Waals surface area contributed by atoms with Crippen LogP contribution in [0.2, 0.25) is 0 Å². The van der Waals surface area contributed by atoms with Crippen molar-refractivity contribution in [3.05, 3.63) is 235 Å². The van der Waals surface area contributed by atoms with Crippen molar-refractivity contribution < 1.29 is 0 Å². The third kappa shape index (κ3) is 5.08. The summed E-state index contributed by atoms with van der Waals surface area (Å²) in [6.45, 7) is 0. The van der Waals surface area contributed by atoms with E-state index < -0.39 is 5.41 Å². The second-order valence-corrected chi connectivity index (χ2v) is 17.3. The molecule has 0 aliphatic heterocycles. The normalized spacial score (nSPS) is 13.0. The Kier molecular flexibility index (Phi) is 7.69. The van der Waals surface area contributed by atoms with Crippen LogP contribution in [0.1, 0.15) is 22.3 Å². The van der Waals surface area contributed by atoms with Gasteiger partial charge in [-0.2, -0.15) is 0 Å². The average Bonchev–Trinajstić information content (AvgIpc) is 3.99. The van der Waals surface area contributed by atoms with Crippen molar-refractivity contribution in [2.45, 2.75) is 5.41 Å². The molecule has 0 amide bonds. The van der Waals surface area contributed by atoms with E-state index in [1.807, 2.05) is 11.3 Å². The first-order chi connectivity index (χ1) is 30.7. The van der Waals surface area contributed by atoms with E-state index in [1.165, 1.54) is 75.8 Å². The van der Waals surface area contributed by atoms with Crippen molar-refractivity contribution in [1.82, 2.24) is 15.0 Å². The molecule has 0 bridgehead atoms. The van der Waals surface area contributed by atoms with Crippen molar-refractivity contribution in [3.63, 3.8) is 0 Å². The summed E-state index contributed by atoms with van der Waals surface area (Å²) in [6, 6.07) is 76.6. The minimum absolute atomic E-state index is 0.469. The van der Waals surface area contributed by atoms with Crippen molar-refractivity contribution in [1.29, 1.82) is 0 Å². The Morgan fingerprint density at radius 3 is 1.56 bits per heavy atom. The highest BCUT2D eigenvalue weighted by Gasteiger charge is 2.52. The molecule has 288 valence electrons. The van der Waals surface area contributed by atoms with Gasteiger partial charge in [-0.15, -0.1) is 11.3 Å². The maximum atomic E-state index is 5.43. The van der Waals surface area contributed by atoms with Gasteiger partial charge >= 0.3 is 0 Å². The highest BCUT2D eigenvalue weighted by molar-refractivity contribution is 7.26. The van der Waals surface area contributed by atoms with Crippen LogP contribution >= 0.6 is 11.3 Å². The Hall–Kier alpha value is -7.79. The predicted octanol–water partition coefficient (Wildman–Crippen LogP) is 14.9. The fourth-order valence-corrected chi connectivity index (χ4v) is 11.6. The fraction of sp³-hybridized carbons (Fsp3) is 0.0172. The molecule has 4 heteroatoms. The minimum atomic E-state index is -0.469. The molecule has 0 N–H and O–H groups in total. The van der Waals surface area contributed by atoms with Crippen LogP contribution in [-0.4, -0.2) is 15.0 Å². The number of aromatic nitrogens is 3. The van der Waals surface area contributed by atoms with E-state index in [0.717, 1.165) is 27.8 Å². The third-order valence-electron chi connectivity index (χ3n) is 13.0. The lowest BCUT2D eigenvalue weighted by atomic mass is 9.70. The van der Waals surface area contributed by atoms with Crippen LogP contribution < -0.4 is 0 Å². The summed E-state index contributed by atoms with van der Waals surface area (Å²) in [6.07, 6.45) is 0. The van der Waals surface area contributed by atoms with Crippen LogP contribution in [0.4, 0.5) is 0 Å².